The Morgan fingerprint density at radius 3 is 2.53 bits per heavy atom. The summed E-state index contributed by atoms with van der Waals surface area (Å²) in [7, 11) is 0. The molecular formula is C13H9ClN4O. The van der Waals surface area contributed by atoms with E-state index >= 15 is 0 Å². The minimum atomic E-state index is -0.801. The third-order valence-electron chi connectivity index (χ3n) is 2.67. The number of imidazole rings is 1. The van der Waals surface area contributed by atoms with Crippen molar-refractivity contribution in [3.05, 3.63) is 52.6 Å². The lowest BCUT2D eigenvalue weighted by Gasteiger charge is -2.12. The molecule has 0 aliphatic carbocycles. The zero-order valence-electron chi connectivity index (χ0n) is 9.79. The quantitative estimate of drug-likeness (QED) is 0.926. The minimum Gasteiger partial charge on any atom is -0.387 e. The molecule has 2 aromatic rings. The van der Waals surface area contributed by atoms with Crippen LogP contribution in [0.5, 0.6) is 0 Å². The zero-order chi connectivity index (χ0) is 13.8. The van der Waals surface area contributed by atoms with Crippen LogP contribution in [0.15, 0.2) is 30.6 Å². The maximum absolute atomic E-state index is 10.1. The highest BCUT2D eigenvalue weighted by Gasteiger charge is 2.14. The monoisotopic (exact) mass is 272 g/mol. The molecule has 0 radical (unpaired) electrons. The summed E-state index contributed by atoms with van der Waals surface area (Å²) in [5, 5.41) is 28.4. The molecular weight excluding hydrogens is 264 g/mol. The van der Waals surface area contributed by atoms with E-state index in [1.54, 1.807) is 24.3 Å². The predicted molar refractivity (Wildman–Crippen MR) is 68.1 cm³/mol. The van der Waals surface area contributed by atoms with Gasteiger partial charge in [0.1, 0.15) is 12.1 Å². The van der Waals surface area contributed by atoms with Crippen molar-refractivity contribution in [2.45, 2.75) is 12.6 Å². The van der Waals surface area contributed by atoms with Crippen LogP contribution in [0.1, 0.15) is 23.1 Å². The highest BCUT2D eigenvalue weighted by Crippen LogP contribution is 2.19. The van der Waals surface area contributed by atoms with Gasteiger partial charge >= 0.3 is 0 Å². The Bertz CT molecular complexity index is 663. The van der Waals surface area contributed by atoms with E-state index in [9.17, 15) is 5.11 Å². The lowest BCUT2D eigenvalue weighted by molar-refractivity contribution is 0.156. The van der Waals surface area contributed by atoms with Gasteiger partial charge in [0.2, 0.25) is 0 Å². The van der Waals surface area contributed by atoms with Gasteiger partial charge in [0, 0.05) is 5.02 Å². The number of aliphatic hydroxyl groups is 1. The van der Waals surface area contributed by atoms with E-state index in [0.29, 0.717) is 10.6 Å². The fourth-order valence-electron chi connectivity index (χ4n) is 1.70. The number of hydrogen-bond donors (Lipinski definition) is 1. The Morgan fingerprint density at radius 1 is 1.26 bits per heavy atom. The standard InChI is InChI=1S/C13H9ClN4O/c14-10-3-1-9(2-4-10)13(19)7-18-8-17-11(5-15)12(18)6-16/h1-4,8,13,19H,7H2. The number of aromatic nitrogens is 2. The molecule has 0 spiro atoms. The molecule has 1 atom stereocenters. The third-order valence-corrected chi connectivity index (χ3v) is 2.93. The fourth-order valence-corrected chi connectivity index (χ4v) is 1.82. The molecule has 94 valence electrons. The summed E-state index contributed by atoms with van der Waals surface area (Å²) in [6.45, 7) is 0.152. The average molecular weight is 273 g/mol. The molecule has 19 heavy (non-hydrogen) atoms. The van der Waals surface area contributed by atoms with Crippen LogP contribution in [0.2, 0.25) is 5.02 Å². The van der Waals surface area contributed by atoms with Gasteiger partial charge in [0.25, 0.3) is 0 Å². The summed E-state index contributed by atoms with van der Waals surface area (Å²) in [6, 6.07) is 10.5. The van der Waals surface area contributed by atoms with Crippen molar-refractivity contribution in [1.29, 1.82) is 10.5 Å². The van der Waals surface area contributed by atoms with Crippen LogP contribution in [-0.4, -0.2) is 14.7 Å². The summed E-state index contributed by atoms with van der Waals surface area (Å²) < 4.78 is 1.46. The molecule has 0 saturated carbocycles. The van der Waals surface area contributed by atoms with Crippen molar-refractivity contribution >= 4 is 11.6 Å². The van der Waals surface area contributed by atoms with Crippen LogP contribution in [0.25, 0.3) is 0 Å². The Hall–Kier alpha value is -2.34. The summed E-state index contributed by atoms with van der Waals surface area (Å²) in [5.41, 5.74) is 0.891. The van der Waals surface area contributed by atoms with Crippen LogP contribution >= 0.6 is 11.6 Å². The van der Waals surface area contributed by atoms with E-state index in [2.05, 4.69) is 4.98 Å². The Morgan fingerprint density at radius 2 is 1.95 bits per heavy atom. The van der Waals surface area contributed by atoms with Crippen LogP contribution in [0, 0.1) is 22.7 Å². The number of halogens is 1. The van der Waals surface area contributed by atoms with Gasteiger partial charge in [-0.05, 0) is 17.7 Å². The number of benzene rings is 1. The Kier molecular flexibility index (Phi) is 3.82. The molecule has 1 aromatic carbocycles. The smallest absolute Gasteiger partial charge is 0.176 e. The summed E-state index contributed by atoms with van der Waals surface area (Å²) in [4.78, 5) is 3.81. The molecule has 0 aliphatic heterocycles. The van der Waals surface area contributed by atoms with Crippen LogP contribution in [-0.2, 0) is 6.54 Å². The molecule has 0 fully saturated rings. The lowest BCUT2D eigenvalue weighted by atomic mass is 10.1. The maximum Gasteiger partial charge on any atom is 0.176 e. The van der Waals surface area contributed by atoms with E-state index in [0.717, 1.165) is 0 Å². The average Bonchev–Trinajstić information content (AvgIpc) is 2.81. The first-order chi connectivity index (χ1) is 9.15. The van der Waals surface area contributed by atoms with Crippen molar-refractivity contribution in [3.63, 3.8) is 0 Å². The molecule has 0 amide bonds. The molecule has 0 bridgehead atoms. The number of nitriles is 2. The van der Waals surface area contributed by atoms with Gasteiger partial charge in [-0.3, -0.25) is 0 Å². The first-order valence-electron chi connectivity index (χ1n) is 5.44. The van der Waals surface area contributed by atoms with Gasteiger partial charge in [-0.15, -0.1) is 0 Å². The van der Waals surface area contributed by atoms with Gasteiger partial charge in [-0.2, -0.15) is 10.5 Å². The first-order valence-corrected chi connectivity index (χ1v) is 5.82. The maximum atomic E-state index is 10.1. The van der Waals surface area contributed by atoms with Gasteiger partial charge < -0.3 is 9.67 Å². The van der Waals surface area contributed by atoms with Crippen molar-refractivity contribution in [1.82, 2.24) is 9.55 Å². The SMILES string of the molecule is N#Cc1ncn(CC(O)c2ccc(Cl)cc2)c1C#N. The lowest BCUT2D eigenvalue weighted by Crippen LogP contribution is -2.09. The van der Waals surface area contributed by atoms with Gasteiger partial charge in [0.05, 0.1) is 19.0 Å². The largest absolute Gasteiger partial charge is 0.387 e. The molecule has 6 heteroatoms. The van der Waals surface area contributed by atoms with E-state index in [4.69, 9.17) is 22.1 Å². The second-order valence-corrected chi connectivity index (χ2v) is 4.32. The minimum absolute atomic E-state index is 0.0609. The van der Waals surface area contributed by atoms with Gasteiger partial charge in [-0.25, -0.2) is 4.98 Å². The van der Waals surface area contributed by atoms with Crippen molar-refractivity contribution in [3.8, 4) is 12.1 Å². The summed E-state index contributed by atoms with van der Waals surface area (Å²) >= 11 is 5.77. The van der Waals surface area contributed by atoms with Gasteiger partial charge in [0.15, 0.2) is 11.4 Å². The zero-order valence-corrected chi connectivity index (χ0v) is 10.5. The molecule has 1 heterocycles. The van der Waals surface area contributed by atoms with Crippen LogP contribution in [0.3, 0.4) is 0 Å². The number of rotatable bonds is 3. The van der Waals surface area contributed by atoms with Gasteiger partial charge in [-0.1, -0.05) is 23.7 Å². The number of aliphatic hydroxyl groups excluding tert-OH is 1. The van der Waals surface area contributed by atoms with E-state index < -0.39 is 6.10 Å². The summed E-state index contributed by atoms with van der Waals surface area (Å²) in [5.74, 6) is 0. The fraction of sp³-hybridized carbons (Fsp3) is 0.154. The third kappa shape index (κ3) is 2.74. The Balaban J connectivity index is 2.22. The second-order valence-electron chi connectivity index (χ2n) is 3.89. The van der Waals surface area contributed by atoms with Crippen LogP contribution in [0.4, 0.5) is 0 Å². The molecule has 1 unspecified atom stereocenters. The van der Waals surface area contributed by atoms with E-state index in [-0.39, 0.29) is 17.9 Å². The molecule has 0 aliphatic rings. The highest BCUT2D eigenvalue weighted by atomic mass is 35.5. The summed E-state index contributed by atoms with van der Waals surface area (Å²) in [6.07, 6.45) is 0.570. The topological polar surface area (TPSA) is 85.6 Å². The highest BCUT2D eigenvalue weighted by molar-refractivity contribution is 6.30. The van der Waals surface area contributed by atoms with E-state index in [1.807, 2.05) is 12.1 Å². The van der Waals surface area contributed by atoms with E-state index in [1.165, 1.54) is 10.9 Å². The normalized spacial score (nSPS) is 11.6. The number of nitrogens with zero attached hydrogens (tertiary/aromatic N) is 4. The molecule has 1 aromatic heterocycles. The van der Waals surface area contributed by atoms with Crippen molar-refractivity contribution in [2.75, 3.05) is 0 Å². The molecule has 2 rings (SSSR count). The molecule has 5 nitrogen and oxygen atoms in total. The number of hydrogen-bond acceptors (Lipinski definition) is 4. The first kappa shape index (κ1) is 13.1. The second kappa shape index (κ2) is 5.53. The molecule has 0 saturated heterocycles. The Labute approximate surface area is 114 Å². The molecule has 1 N–H and O–H groups in total. The van der Waals surface area contributed by atoms with Crippen molar-refractivity contribution in [2.24, 2.45) is 0 Å². The van der Waals surface area contributed by atoms with Crippen LogP contribution < -0.4 is 0 Å². The van der Waals surface area contributed by atoms with Crippen molar-refractivity contribution < 1.29 is 5.11 Å². The predicted octanol–water partition coefficient (Wildman–Crippen LogP) is 2.01.